The van der Waals surface area contributed by atoms with Crippen LogP contribution in [0.25, 0.3) is 5.69 Å². The lowest BCUT2D eigenvalue weighted by Gasteiger charge is -2.04. The van der Waals surface area contributed by atoms with E-state index in [9.17, 15) is 4.79 Å². The Bertz CT molecular complexity index is 570. The van der Waals surface area contributed by atoms with Gasteiger partial charge in [-0.25, -0.2) is 9.48 Å². The second-order valence-corrected chi connectivity index (χ2v) is 4.78. The molecule has 0 amide bonds. The van der Waals surface area contributed by atoms with Gasteiger partial charge in [0.2, 0.25) is 0 Å². The Morgan fingerprint density at radius 1 is 1.29 bits per heavy atom. The van der Waals surface area contributed by atoms with Crippen molar-refractivity contribution in [2.24, 2.45) is 0 Å². The van der Waals surface area contributed by atoms with Crippen LogP contribution < -0.4 is 0 Å². The summed E-state index contributed by atoms with van der Waals surface area (Å²) in [6.45, 7) is 3.99. The average molecular weight is 295 g/mol. The fraction of sp³-hybridized carbons (Fsp3) is 0.167. The Balaban J connectivity index is 2.53. The van der Waals surface area contributed by atoms with Crippen molar-refractivity contribution in [1.29, 1.82) is 0 Å². The normalized spacial score (nSPS) is 10.5. The van der Waals surface area contributed by atoms with Crippen molar-refractivity contribution >= 4 is 21.9 Å². The number of carboxylic acids is 1. The van der Waals surface area contributed by atoms with Gasteiger partial charge in [-0.1, -0.05) is 6.07 Å². The standard InChI is InChI=1S/C12H11BrN2O2/c1-7-3-8(2)5-9(4-7)15-6-10(13)11(14-15)12(16)17/h3-6H,1-2H3,(H,16,17). The number of carboxylic acid groups (broad SMARTS) is 1. The lowest BCUT2D eigenvalue weighted by molar-refractivity contribution is 0.0689. The molecule has 2 rings (SSSR count). The number of aryl methyl sites for hydroxylation is 2. The zero-order valence-corrected chi connectivity index (χ0v) is 11.0. The molecule has 0 spiro atoms. The molecule has 1 heterocycles. The molecule has 1 N–H and O–H groups in total. The number of benzene rings is 1. The van der Waals surface area contributed by atoms with Crippen LogP contribution in [0.5, 0.6) is 0 Å². The molecule has 88 valence electrons. The highest BCUT2D eigenvalue weighted by Crippen LogP contribution is 2.19. The molecule has 0 radical (unpaired) electrons. The lowest BCUT2D eigenvalue weighted by atomic mass is 10.1. The monoisotopic (exact) mass is 294 g/mol. The Labute approximate surface area is 107 Å². The van der Waals surface area contributed by atoms with Gasteiger partial charge in [0, 0.05) is 6.20 Å². The summed E-state index contributed by atoms with van der Waals surface area (Å²) in [7, 11) is 0. The summed E-state index contributed by atoms with van der Waals surface area (Å²) >= 11 is 3.19. The average Bonchev–Trinajstić information content (AvgIpc) is 2.59. The second-order valence-electron chi connectivity index (χ2n) is 3.92. The molecule has 0 unspecified atom stereocenters. The first kappa shape index (κ1) is 11.9. The Kier molecular flexibility index (Phi) is 3.02. The SMILES string of the molecule is Cc1cc(C)cc(-n2cc(Br)c(C(=O)O)n2)c1. The third-order valence-electron chi connectivity index (χ3n) is 2.34. The van der Waals surface area contributed by atoms with E-state index in [0.717, 1.165) is 16.8 Å². The maximum Gasteiger partial charge on any atom is 0.357 e. The quantitative estimate of drug-likeness (QED) is 0.926. The van der Waals surface area contributed by atoms with Crippen molar-refractivity contribution in [3.8, 4) is 5.69 Å². The van der Waals surface area contributed by atoms with Crippen molar-refractivity contribution in [2.45, 2.75) is 13.8 Å². The molecule has 0 bridgehead atoms. The zero-order valence-electron chi connectivity index (χ0n) is 9.44. The number of aromatic carboxylic acids is 1. The van der Waals surface area contributed by atoms with Crippen LogP contribution >= 0.6 is 15.9 Å². The molecule has 4 nitrogen and oxygen atoms in total. The largest absolute Gasteiger partial charge is 0.476 e. The minimum atomic E-state index is -1.04. The van der Waals surface area contributed by atoms with Crippen LogP contribution in [-0.2, 0) is 0 Å². The van der Waals surface area contributed by atoms with E-state index in [-0.39, 0.29) is 5.69 Å². The summed E-state index contributed by atoms with van der Waals surface area (Å²) in [5.74, 6) is -1.04. The van der Waals surface area contributed by atoms with E-state index in [2.05, 4.69) is 27.1 Å². The van der Waals surface area contributed by atoms with Crippen molar-refractivity contribution in [3.63, 3.8) is 0 Å². The van der Waals surface area contributed by atoms with Crippen molar-refractivity contribution in [1.82, 2.24) is 9.78 Å². The molecule has 17 heavy (non-hydrogen) atoms. The molecule has 0 saturated carbocycles. The van der Waals surface area contributed by atoms with Gasteiger partial charge in [0.1, 0.15) is 0 Å². The van der Waals surface area contributed by atoms with Gasteiger partial charge in [0.05, 0.1) is 10.2 Å². The summed E-state index contributed by atoms with van der Waals surface area (Å²) in [5.41, 5.74) is 3.10. The fourth-order valence-electron chi connectivity index (χ4n) is 1.71. The molecule has 0 aliphatic carbocycles. The zero-order chi connectivity index (χ0) is 12.6. The molecule has 0 saturated heterocycles. The summed E-state index contributed by atoms with van der Waals surface area (Å²) in [5, 5.41) is 13.0. The number of carbonyl (C=O) groups is 1. The van der Waals surface area contributed by atoms with Gasteiger partial charge in [-0.05, 0) is 53.0 Å². The van der Waals surface area contributed by atoms with Gasteiger partial charge in [-0.15, -0.1) is 0 Å². The van der Waals surface area contributed by atoms with E-state index in [4.69, 9.17) is 5.11 Å². The van der Waals surface area contributed by atoms with Crippen LogP contribution in [0.3, 0.4) is 0 Å². The predicted octanol–water partition coefficient (Wildman–Crippen LogP) is 2.95. The number of rotatable bonds is 2. The predicted molar refractivity (Wildman–Crippen MR) is 67.7 cm³/mol. The van der Waals surface area contributed by atoms with Crippen LogP contribution in [0, 0.1) is 13.8 Å². The number of nitrogens with zero attached hydrogens (tertiary/aromatic N) is 2. The van der Waals surface area contributed by atoms with Crippen LogP contribution in [0.1, 0.15) is 21.6 Å². The van der Waals surface area contributed by atoms with Crippen molar-refractivity contribution in [2.75, 3.05) is 0 Å². The van der Waals surface area contributed by atoms with E-state index in [1.54, 1.807) is 10.9 Å². The highest BCUT2D eigenvalue weighted by Gasteiger charge is 2.14. The summed E-state index contributed by atoms with van der Waals surface area (Å²) in [6.07, 6.45) is 1.65. The summed E-state index contributed by atoms with van der Waals surface area (Å²) < 4.78 is 2.04. The van der Waals surface area contributed by atoms with Crippen LogP contribution in [0.15, 0.2) is 28.9 Å². The molecule has 5 heteroatoms. The van der Waals surface area contributed by atoms with Gasteiger partial charge >= 0.3 is 5.97 Å². The van der Waals surface area contributed by atoms with E-state index < -0.39 is 5.97 Å². The first-order valence-electron chi connectivity index (χ1n) is 5.04. The maximum atomic E-state index is 10.9. The first-order valence-corrected chi connectivity index (χ1v) is 5.84. The minimum Gasteiger partial charge on any atom is -0.476 e. The third-order valence-corrected chi connectivity index (χ3v) is 2.92. The van der Waals surface area contributed by atoms with Crippen LogP contribution in [-0.4, -0.2) is 20.9 Å². The molecule has 0 fully saturated rings. The molecule has 0 aliphatic rings. The molecule has 0 aliphatic heterocycles. The van der Waals surface area contributed by atoms with Gasteiger partial charge < -0.3 is 5.11 Å². The highest BCUT2D eigenvalue weighted by molar-refractivity contribution is 9.10. The van der Waals surface area contributed by atoms with Gasteiger partial charge in [0.25, 0.3) is 0 Å². The number of hydrogen-bond acceptors (Lipinski definition) is 2. The number of aromatic nitrogens is 2. The van der Waals surface area contributed by atoms with Crippen LogP contribution in [0.4, 0.5) is 0 Å². The molecular weight excluding hydrogens is 284 g/mol. The Morgan fingerprint density at radius 2 is 1.88 bits per heavy atom. The van der Waals surface area contributed by atoms with E-state index >= 15 is 0 Å². The second kappa shape index (κ2) is 4.33. The summed E-state index contributed by atoms with van der Waals surface area (Å²) in [6, 6.07) is 5.97. The smallest absolute Gasteiger partial charge is 0.357 e. The molecule has 1 aromatic carbocycles. The number of halogens is 1. The minimum absolute atomic E-state index is 0.0177. The van der Waals surface area contributed by atoms with Gasteiger partial charge in [0.15, 0.2) is 5.69 Å². The van der Waals surface area contributed by atoms with E-state index in [1.165, 1.54) is 0 Å². The van der Waals surface area contributed by atoms with Gasteiger partial charge in [-0.2, -0.15) is 5.10 Å². The van der Waals surface area contributed by atoms with Crippen molar-refractivity contribution < 1.29 is 9.90 Å². The van der Waals surface area contributed by atoms with Gasteiger partial charge in [-0.3, -0.25) is 0 Å². The molecule has 1 aromatic heterocycles. The molecule has 2 aromatic rings. The highest BCUT2D eigenvalue weighted by atomic mass is 79.9. The van der Waals surface area contributed by atoms with Crippen LogP contribution in [0.2, 0.25) is 0 Å². The topological polar surface area (TPSA) is 55.1 Å². The Morgan fingerprint density at radius 3 is 2.35 bits per heavy atom. The fourth-order valence-corrected chi connectivity index (χ4v) is 2.16. The lowest BCUT2D eigenvalue weighted by Crippen LogP contribution is -2.01. The van der Waals surface area contributed by atoms with E-state index in [1.807, 2.05) is 26.0 Å². The maximum absolute atomic E-state index is 10.9. The van der Waals surface area contributed by atoms with E-state index in [0.29, 0.717) is 4.47 Å². The molecular formula is C12H11BrN2O2. The molecule has 0 atom stereocenters. The summed E-state index contributed by atoms with van der Waals surface area (Å²) in [4.78, 5) is 10.9. The number of hydrogen-bond donors (Lipinski definition) is 1. The van der Waals surface area contributed by atoms with Crippen molar-refractivity contribution in [3.05, 3.63) is 45.7 Å². The Hall–Kier alpha value is -1.62. The first-order chi connectivity index (χ1) is 7.97. The third kappa shape index (κ3) is 2.39.